The molecule has 0 bridgehead atoms. The van der Waals surface area contributed by atoms with E-state index in [2.05, 4.69) is 15.6 Å². The standard InChI is InChI=1S/C13H18N4O/c1-9(2)7-15-12(18)8-16-13-11(6-14)5-4-10(3)17-13/h4-5,9H,7-8H2,1-3H3,(H,15,18)(H,16,17). The fourth-order valence-corrected chi connectivity index (χ4v) is 1.33. The number of nitrogens with one attached hydrogen (secondary N) is 2. The first-order valence-electron chi connectivity index (χ1n) is 5.91. The van der Waals surface area contributed by atoms with Crippen molar-refractivity contribution in [2.45, 2.75) is 20.8 Å². The fourth-order valence-electron chi connectivity index (χ4n) is 1.33. The minimum Gasteiger partial charge on any atom is -0.360 e. The van der Waals surface area contributed by atoms with Crippen LogP contribution < -0.4 is 10.6 Å². The zero-order chi connectivity index (χ0) is 13.5. The lowest BCUT2D eigenvalue weighted by molar-refractivity contribution is -0.119. The van der Waals surface area contributed by atoms with E-state index in [1.807, 2.05) is 26.8 Å². The highest BCUT2D eigenvalue weighted by molar-refractivity contribution is 5.80. The van der Waals surface area contributed by atoms with Gasteiger partial charge in [0, 0.05) is 12.2 Å². The van der Waals surface area contributed by atoms with Crippen molar-refractivity contribution in [2.24, 2.45) is 5.92 Å². The number of pyridine rings is 1. The van der Waals surface area contributed by atoms with E-state index in [-0.39, 0.29) is 12.5 Å². The minimum atomic E-state index is -0.101. The molecular weight excluding hydrogens is 228 g/mol. The summed E-state index contributed by atoms with van der Waals surface area (Å²) in [7, 11) is 0. The predicted octanol–water partition coefficient (Wildman–Crippen LogP) is 1.45. The Balaban J connectivity index is 2.55. The van der Waals surface area contributed by atoms with Crippen LogP contribution >= 0.6 is 0 Å². The molecule has 1 heterocycles. The van der Waals surface area contributed by atoms with E-state index in [0.717, 1.165) is 5.69 Å². The molecule has 0 aromatic carbocycles. The molecule has 0 saturated carbocycles. The molecule has 0 aliphatic heterocycles. The first-order chi connectivity index (χ1) is 8.52. The highest BCUT2D eigenvalue weighted by Gasteiger charge is 2.06. The van der Waals surface area contributed by atoms with Crippen LogP contribution in [-0.2, 0) is 4.79 Å². The lowest BCUT2D eigenvalue weighted by Crippen LogP contribution is -2.32. The molecule has 0 radical (unpaired) electrons. The summed E-state index contributed by atoms with van der Waals surface area (Å²) in [4.78, 5) is 15.7. The van der Waals surface area contributed by atoms with Gasteiger partial charge in [0.2, 0.25) is 5.91 Å². The van der Waals surface area contributed by atoms with E-state index >= 15 is 0 Å². The van der Waals surface area contributed by atoms with Crippen LogP contribution in [0, 0.1) is 24.2 Å². The average Bonchev–Trinajstić information content (AvgIpc) is 2.34. The maximum atomic E-state index is 11.5. The van der Waals surface area contributed by atoms with Crippen molar-refractivity contribution in [3.8, 4) is 6.07 Å². The number of aromatic nitrogens is 1. The van der Waals surface area contributed by atoms with Gasteiger partial charge in [0.15, 0.2) is 0 Å². The highest BCUT2D eigenvalue weighted by Crippen LogP contribution is 2.11. The first-order valence-corrected chi connectivity index (χ1v) is 5.91. The topological polar surface area (TPSA) is 77.8 Å². The van der Waals surface area contributed by atoms with E-state index in [1.165, 1.54) is 0 Å². The molecular formula is C13H18N4O. The van der Waals surface area contributed by atoms with Crippen molar-refractivity contribution in [1.29, 1.82) is 5.26 Å². The summed E-state index contributed by atoms with van der Waals surface area (Å²) >= 11 is 0. The van der Waals surface area contributed by atoms with Crippen LogP contribution in [0.4, 0.5) is 5.82 Å². The van der Waals surface area contributed by atoms with Crippen LogP contribution in [0.1, 0.15) is 25.1 Å². The van der Waals surface area contributed by atoms with Gasteiger partial charge in [-0.3, -0.25) is 4.79 Å². The van der Waals surface area contributed by atoms with Gasteiger partial charge in [0.1, 0.15) is 11.9 Å². The Labute approximate surface area is 107 Å². The summed E-state index contributed by atoms with van der Waals surface area (Å²) in [6.07, 6.45) is 0. The second-order valence-corrected chi connectivity index (χ2v) is 4.51. The summed E-state index contributed by atoms with van der Waals surface area (Å²) in [6, 6.07) is 5.50. The monoisotopic (exact) mass is 246 g/mol. The fraction of sp³-hybridized carbons (Fsp3) is 0.462. The zero-order valence-electron chi connectivity index (χ0n) is 10.9. The van der Waals surface area contributed by atoms with Crippen molar-refractivity contribution in [3.63, 3.8) is 0 Å². The van der Waals surface area contributed by atoms with Gasteiger partial charge in [-0.1, -0.05) is 13.8 Å². The summed E-state index contributed by atoms with van der Waals surface area (Å²) in [5.74, 6) is 0.772. The van der Waals surface area contributed by atoms with E-state index < -0.39 is 0 Å². The smallest absolute Gasteiger partial charge is 0.239 e. The van der Waals surface area contributed by atoms with Gasteiger partial charge in [-0.25, -0.2) is 4.98 Å². The van der Waals surface area contributed by atoms with Crippen LogP contribution in [0.3, 0.4) is 0 Å². The largest absolute Gasteiger partial charge is 0.360 e. The first kappa shape index (κ1) is 14.0. The van der Waals surface area contributed by atoms with Crippen molar-refractivity contribution in [3.05, 3.63) is 23.4 Å². The molecule has 1 aromatic heterocycles. The SMILES string of the molecule is Cc1ccc(C#N)c(NCC(=O)NCC(C)C)n1. The molecule has 0 aliphatic rings. The van der Waals surface area contributed by atoms with Gasteiger partial charge < -0.3 is 10.6 Å². The Kier molecular flexibility index (Phi) is 5.12. The maximum absolute atomic E-state index is 11.5. The molecule has 0 unspecified atom stereocenters. The number of hydrogen-bond acceptors (Lipinski definition) is 4. The second kappa shape index (κ2) is 6.60. The molecule has 5 heteroatoms. The quantitative estimate of drug-likeness (QED) is 0.824. The van der Waals surface area contributed by atoms with Crippen LogP contribution in [0.5, 0.6) is 0 Å². The maximum Gasteiger partial charge on any atom is 0.239 e. The Morgan fingerprint density at radius 1 is 1.50 bits per heavy atom. The molecule has 0 saturated heterocycles. The van der Waals surface area contributed by atoms with E-state index in [1.54, 1.807) is 12.1 Å². The van der Waals surface area contributed by atoms with Gasteiger partial charge >= 0.3 is 0 Å². The Bertz CT molecular complexity index is 463. The average molecular weight is 246 g/mol. The molecule has 1 aromatic rings. The van der Waals surface area contributed by atoms with E-state index in [0.29, 0.717) is 23.8 Å². The van der Waals surface area contributed by atoms with Crippen LogP contribution in [-0.4, -0.2) is 24.0 Å². The predicted molar refractivity (Wildman–Crippen MR) is 70.0 cm³/mol. The Morgan fingerprint density at radius 2 is 2.22 bits per heavy atom. The molecule has 1 rings (SSSR count). The third-order valence-corrected chi connectivity index (χ3v) is 2.28. The molecule has 5 nitrogen and oxygen atoms in total. The molecule has 0 aliphatic carbocycles. The van der Waals surface area contributed by atoms with Crippen LogP contribution in [0.2, 0.25) is 0 Å². The van der Waals surface area contributed by atoms with Gasteiger partial charge in [-0.2, -0.15) is 5.26 Å². The number of nitrogens with zero attached hydrogens (tertiary/aromatic N) is 2. The molecule has 18 heavy (non-hydrogen) atoms. The minimum absolute atomic E-state index is 0.101. The van der Waals surface area contributed by atoms with Crippen molar-refractivity contribution in [1.82, 2.24) is 10.3 Å². The van der Waals surface area contributed by atoms with Crippen molar-refractivity contribution < 1.29 is 4.79 Å². The van der Waals surface area contributed by atoms with Gasteiger partial charge in [-0.05, 0) is 25.0 Å². The third kappa shape index (κ3) is 4.42. The zero-order valence-corrected chi connectivity index (χ0v) is 10.9. The number of carbonyl (C=O) groups is 1. The number of anilines is 1. The molecule has 0 spiro atoms. The van der Waals surface area contributed by atoms with Crippen LogP contribution in [0.15, 0.2) is 12.1 Å². The number of rotatable bonds is 5. The highest BCUT2D eigenvalue weighted by atomic mass is 16.1. The van der Waals surface area contributed by atoms with Crippen LogP contribution in [0.25, 0.3) is 0 Å². The summed E-state index contributed by atoms with van der Waals surface area (Å²) in [5.41, 5.74) is 1.25. The number of carbonyl (C=O) groups excluding carboxylic acids is 1. The van der Waals surface area contributed by atoms with Gasteiger partial charge in [0.05, 0.1) is 12.1 Å². The lowest BCUT2D eigenvalue weighted by atomic mass is 10.2. The number of hydrogen-bond donors (Lipinski definition) is 2. The number of nitriles is 1. The van der Waals surface area contributed by atoms with Gasteiger partial charge in [-0.15, -0.1) is 0 Å². The van der Waals surface area contributed by atoms with Crippen molar-refractivity contribution >= 4 is 11.7 Å². The molecule has 96 valence electrons. The molecule has 0 fully saturated rings. The van der Waals surface area contributed by atoms with E-state index in [9.17, 15) is 4.79 Å². The second-order valence-electron chi connectivity index (χ2n) is 4.51. The van der Waals surface area contributed by atoms with Gasteiger partial charge in [0.25, 0.3) is 0 Å². The molecule has 2 N–H and O–H groups in total. The number of aryl methyl sites for hydroxylation is 1. The normalized spacial score (nSPS) is 9.94. The Hall–Kier alpha value is -2.09. The molecule has 1 amide bonds. The number of amides is 1. The lowest BCUT2D eigenvalue weighted by Gasteiger charge is -2.10. The third-order valence-electron chi connectivity index (χ3n) is 2.28. The Morgan fingerprint density at radius 3 is 2.83 bits per heavy atom. The van der Waals surface area contributed by atoms with E-state index in [4.69, 9.17) is 5.26 Å². The van der Waals surface area contributed by atoms with Crippen molar-refractivity contribution in [2.75, 3.05) is 18.4 Å². The molecule has 0 atom stereocenters. The summed E-state index contributed by atoms with van der Waals surface area (Å²) in [6.45, 7) is 6.67. The summed E-state index contributed by atoms with van der Waals surface area (Å²) < 4.78 is 0. The summed E-state index contributed by atoms with van der Waals surface area (Å²) in [5, 5.41) is 14.6.